The van der Waals surface area contributed by atoms with Crippen molar-refractivity contribution in [2.24, 2.45) is 0 Å². The Hall–Kier alpha value is -0.860. The van der Waals surface area contributed by atoms with Crippen LogP contribution < -0.4 is 0 Å². The standard InChI is InChI=1S/C16H25NO/c1-16(2,3)17-10-8-15(9-11-17)14-6-4-13(12-18)5-7-14/h4-7,15,18H,8-12H2,1-3H3. The number of nitrogens with zero attached hydrogens (tertiary/aromatic N) is 1. The average molecular weight is 247 g/mol. The highest BCUT2D eigenvalue weighted by atomic mass is 16.3. The van der Waals surface area contributed by atoms with Crippen LogP contribution in [-0.4, -0.2) is 28.6 Å². The van der Waals surface area contributed by atoms with Crippen LogP contribution in [0.2, 0.25) is 0 Å². The van der Waals surface area contributed by atoms with Crippen LogP contribution in [0, 0.1) is 0 Å². The minimum Gasteiger partial charge on any atom is -0.392 e. The zero-order valence-electron chi connectivity index (χ0n) is 11.8. The van der Waals surface area contributed by atoms with Gasteiger partial charge in [0, 0.05) is 5.54 Å². The molecule has 1 aliphatic rings. The van der Waals surface area contributed by atoms with Gasteiger partial charge in [0.25, 0.3) is 0 Å². The third-order valence-corrected chi connectivity index (χ3v) is 4.08. The molecule has 1 N–H and O–H groups in total. The summed E-state index contributed by atoms with van der Waals surface area (Å²) >= 11 is 0. The first-order valence-electron chi connectivity index (χ1n) is 6.95. The molecule has 0 unspecified atom stereocenters. The Morgan fingerprint density at radius 3 is 2.11 bits per heavy atom. The number of hydrogen-bond donors (Lipinski definition) is 1. The lowest BCUT2D eigenvalue weighted by molar-refractivity contribution is 0.102. The second-order valence-electron chi connectivity index (χ2n) is 6.33. The molecule has 0 spiro atoms. The van der Waals surface area contributed by atoms with Crippen LogP contribution in [0.15, 0.2) is 24.3 Å². The van der Waals surface area contributed by atoms with Gasteiger partial charge < -0.3 is 5.11 Å². The van der Waals surface area contributed by atoms with E-state index in [9.17, 15) is 0 Å². The van der Waals surface area contributed by atoms with Crippen LogP contribution in [0.4, 0.5) is 0 Å². The van der Waals surface area contributed by atoms with E-state index in [1.54, 1.807) is 0 Å². The third kappa shape index (κ3) is 3.12. The topological polar surface area (TPSA) is 23.5 Å². The fraction of sp³-hybridized carbons (Fsp3) is 0.625. The van der Waals surface area contributed by atoms with E-state index in [0.717, 1.165) is 5.56 Å². The van der Waals surface area contributed by atoms with Crippen molar-refractivity contribution in [2.45, 2.75) is 51.7 Å². The molecule has 1 aliphatic heterocycles. The molecule has 100 valence electrons. The molecule has 0 saturated carbocycles. The first-order chi connectivity index (χ1) is 8.50. The maximum absolute atomic E-state index is 9.06. The molecule has 0 aliphatic carbocycles. The molecule has 2 nitrogen and oxygen atoms in total. The summed E-state index contributed by atoms with van der Waals surface area (Å²) in [7, 11) is 0. The quantitative estimate of drug-likeness (QED) is 0.867. The molecule has 0 radical (unpaired) electrons. The van der Waals surface area contributed by atoms with Crippen LogP contribution >= 0.6 is 0 Å². The Bertz CT molecular complexity index is 369. The fourth-order valence-corrected chi connectivity index (χ4v) is 2.78. The van der Waals surface area contributed by atoms with Gasteiger partial charge in [-0.2, -0.15) is 0 Å². The average Bonchev–Trinajstić information content (AvgIpc) is 2.38. The highest BCUT2D eigenvalue weighted by molar-refractivity contribution is 5.25. The van der Waals surface area contributed by atoms with Crippen molar-refractivity contribution in [2.75, 3.05) is 13.1 Å². The van der Waals surface area contributed by atoms with Crippen molar-refractivity contribution in [1.29, 1.82) is 0 Å². The lowest BCUT2D eigenvalue weighted by Gasteiger charge is -2.41. The third-order valence-electron chi connectivity index (χ3n) is 4.08. The number of benzene rings is 1. The maximum Gasteiger partial charge on any atom is 0.0681 e. The lowest BCUT2D eigenvalue weighted by atomic mass is 9.87. The minimum atomic E-state index is 0.142. The van der Waals surface area contributed by atoms with E-state index < -0.39 is 0 Å². The highest BCUT2D eigenvalue weighted by Gasteiger charge is 2.27. The Kier molecular flexibility index (Phi) is 4.08. The van der Waals surface area contributed by atoms with E-state index in [1.807, 2.05) is 12.1 Å². The summed E-state index contributed by atoms with van der Waals surface area (Å²) in [6.07, 6.45) is 2.49. The molecule has 1 fully saturated rings. The Morgan fingerprint density at radius 1 is 1.11 bits per heavy atom. The van der Waals surface area contributed by atoms with Crippen molar-refractivity contribution in [3.63, 3.8) is 0 Å². The zero-order valence-corrected chi connectivity index (χ0v) is 11.8. The van der Waals surface area contributed by atoms with Crippen LogP contribution in [0.3, 0.4) is 0 Å². The number of hydrogen-bond acceptors (Lipinski definition) is 2. The van der Waals surface area contributed by atoms with Gasteiger partial charge in [0.2, 0.25) is 0 Å². The van der Waals surface area contributed by atoms with E-state index in [0.29, 0.717) is 11.5 Å². The Balaban J connectivity index is 1.96. The largest absolute Gasteiger partial charge is 0.392 e. The van der Waals surface area contributed by atoms with Crippen LogP contribution in [-0.2, 0) is 6.61 Å². The zero-order chi connectivity index (χ0) is 13.2. The van der Waals surface area contributed by atoms with Crippen molar-refractivity contribution >= 4 is 0 Å². The summed E-state index contributed by atoms with van der Waals surface area (Å²) in [5.74, 6) is 0.691. The van der Waals surface area contributed by atoms with Gasteiger partial charge in [-0.25, -0.2) is 0 Å². The molecule has 0 aromatic heterocycles. The van der Waals surface area contributed by atoms with Gasteiger partial charge in [0.05, 0.1) is 6.61 Å². The predicted octanol–water partition coefficient (Wildman–Crippen LogP) is 3.16. The van der Waals surface area contributed by atoms with Crippen molar-refractivity contribution in [3.05, 3.63) is 35.4 Å². The van der Waals surface area contributed by atoms with Gasteiger partial charge in [0.1, 0.15) is 0 Å². The van der Waals surface area contributed by atoms with E-state index in [4.69, 9.17) is 5.11 Å². The van der Waals surface area contributed by atoms with Gasteiger partial charge >= 0.3 is 0 Å². The summed E-state index contributed by atoms with van der Waals surface area (Å²) < 4.78 is 0. The Morgan fingerprint density at radius 2 is 1.67 bits per heavy atom. The monoisotopic (exact) mass is 247 g/mol. The molecule has 1 aromatic carbocycles. The number of aliphatic hydroxyl groups is 1. The molecule has 1 saturated heterocycles. The maximum atomic E-state index is 9.06. The van der Waals surface area contributed by atoms with E-state index in [2.05, 4.69) is 37.8 Å². The van der Waals surface area contributed by atoms with Crippen molar-refractivity contribution in [3.8, 4) is 0 Å². The predicted molar refractivity (Wildman–Crippen MR) is 75.7 cm³/mol. The van der Waals surface area contributed by atoms with Gasteiger partial charge in [-0.05, 0) is 63.7 Å². The smallest absolute Gasteiger partial charge is 0.0681 e. The molecular formula is C16H25NO. The number of likely N-dealkylation sites (tertiary alicyclic amines) is 1. The normalized spacial score (nSPS) is 19.1. The van der Waals surface area contributed by atoms with E-state index in [1.165, 1.54) is 31.5 Å². The first-order valence-corrected chi connectivity index (χ1v) is 6.95. The Labute approximate surface area is 111 Å². The summed E-state index contributed by atoms with van der Waals surface area (Å²) in [5.41, 5.74) is 2.73. The molecule has 2 rings (SSSR count). The number of aliphatic hydroxyl groups excluding tert-OH is 1. The lowest BCUT2D eigenvalue weighted by Crippen LogP contribution is -2.45. The summed E-state index contributed by atoms with van der Waals surface area (Å²) in [6, 6.07) is 8.46. The molecule has 0 bridgehead atoms. The summed E-state index contributed by atoms with van der Waals surface area (Å²) in [6.45, 7) is 9.41. The van der Waals surface area contributed by atoms with Crippen molar-refractivity contribution < 1.29 is 5.11 Å². The van der Waals surface area contributed by atoms with Gasteiger partial charge in [-0.3, -0.25) is 4.90 Å². The summed E-state index contributed by atoms with van der Waals surface area (Å²) in [5, 5.41) is 9.06. The molecule has 1 aromatic rings. The SMILES string of the molecule is CC(C)(C)N1CCC(c2ccc(CO)cc2)CC1. The second kappa shape index (κ2) is 5.41. The van der Waals surface area contributed by atoms with Gasteiger partial charge in [-0.15, -0.1) is 0 Å². The molecule has 2 heteroatoms. The number of piperidine rings is 1. The highest BCUT2D eigenvalue weighted by Crippen LogP contribution is 2.31. The minimum absolute atomic E-state index is 0.142. The van der Waals surface area contributed by atoms with E-state index in [-0.39, 0.29) is 6.61 Å². The van der Waals surface area contributed by atoms with Crippen LogP contribution in [0.25, 0.3) is 0 Å². The molecule has 18 heavy (non-hydrogen) atoms. The van der Waals surface area contributed by atoms with E-state index >= 15 is 0 Å². The van der Waals surface area contributed by atoms with Crippen LogP contribution in [0.5, 0.6) is 0 Å². The molecule has 0 amide bonds. The number of rotatable bonds is 2. The van der Waals surface area contributed by atoms with Crippen molar-refractivity contribution in [1.82, 2.24) is 4.90 Å². The van der Waals surface area contributed by atoms with Gasteiger partial charge in [0.15, 0.2) is 0 Å². The first kappa shape index (κ1) is 13.6. The molecule has 0 atom stereocenters. The summed E-state index contributed by atoms with van der Waals surface area (Å²) in [4.78, 5) is 2.57. The molecular weight excluding hydrogens is 222 g/mol. The van der Waals surface area contributed by atoms with Crippen LogP contribution in [0.1, 0.15) is 50.7 Å². The van der Waals surface area contributed by atoms with Gasteiger partial charge in [-0.1, -0.05) is 24.3 Å². The fourth-order valence-electron chi connectivity index (χ4n) is 2.78. The molecule has 1 heterocycles. The second-order valence-corrected chi connectivity index (χ2v) is 6.33.